The highest BCUT2D eigenvalue weighted by atomic mass is 32.2. The third kappa shape index (κ3) is 4.26. The van der Waals surface area contributed by atoms with Gasteiger partial charge in [-0.25, -0.2) is 14.2 Å². The number of carbonyl (C=O) groups excluding carboxylic acids is 1. The maximum absolute atomic E-state index is 13.1. The van der Waals surface area contributed by atoms with Crippen molar-refractivity contribution in [2.45, 2.75) is 6.92 Å². The number of thioether (sulfide) groups is 1. The van der Waals surface area contributed by atoms with Crippen molar-refractivity contribution in [1.29, 1.82) is 0 Å². The largest absolute Gasteiger partial charge is 0.506 e. The summed E-state index contributed by atoms with van der Waals surface area (Å²) in [7, 11) is 1.56. The minimum absolute atomic E-state index is 0.0164. The Labute approximate surface area is 166 Å². The first-order chi connectivity index (χ1) is 13.5. The predicted octanol–water partition coefficient (Wildman–Crippen LogP) is 5.03. The molecule has 28 heavy (non-hydrogen) atoms. The first-order valence-electron chi connectivity index (χ1n) is 8.51. The first kappa shape index (κ1) is 19.7. The molecular weight excluding hydrogens is 381 g/mol. The molecule has 0 atom stereocenters. The van der Waals surface area contributed by atoms with Crippen molar-refractivity contribution in [3.63, 3.8) is 0 Å². The molecule has 1 heterocycles. The Balaban J connectivity index is 2.06. The summed E-state index contributed by atoms with van der Waals surface area (Å²) < 4.78 is 23.5. The van der Waals surface area contributed by atoms with Gasteiger partial charge >= 0.3 is 5.97 Å². The SMILES string of the molecule is CCOC(=O)C1=C(O)/C(=C/c2ccccc2OC)SC1=Nc1ccc(F)cc1. The van der Waals surface area contributed by atoms with E-state index in [0.717, 1.165) is 17.3 Å². The second-order valence-electron chi connectivity index (χ2n) is 5.69. The second-order valence-corrected chi connectivity index (χ2v) is 6.72. The molecule has 3 rings (SSSR count). The average Bonchev–Trinajstić information content (AvgIpc) is 2.99. The van der Waals surface area contributed by atoms with E-state index in [-0.39, 0.29) is 28.8 Å². The number of aliphatic imine (C=N–C) groups is 1. The Bertz CT molecular complexity index is 980. The van der Waals surface area contributed by atoms with E-state index in [2.05, 4.69) is 4.99 Å². The van der Waals surface area contributed by atoms with E-state index in [1.807, 2.05) is 18.2 Å². The Kier molecular flexibility index (Phi) is 6.16. The average molecular weight is 399 g/mol. The smallest absolute Gasteiger partial charge is 0.344 e. The van der Waals surface area contributed by atoms with Gasteiger partial charge in [-0.3, -0.25) is 0 Å². The number of benzene rings is 2. The third-order valence-corrected chi connectivity index (χ3v) is 4.87. The molecule has 5 nitrogen and oxygen atoms in total. The molecule has 7 heteroatoms. The molecular formula is C21H18FNO4S. The lowest BCUT2D eigenvalue weighted by atomic mass is 10.1. The van der Waals surface area contributed by atoms with E-state index in [0.29, 0.717) is 16.3 Å². The van der Waals surface area contributed by atoms with Gasteiger partial charge in [0.25, 0.3) is 0 Å². The number of carbonyl (C=O) groups is 1. The number of rotatable bonds is 5. The number of aliphatic hydroxyl groups excluding tert-OH is 1. The van der Waals surface area contributed by atoms with Gasteiger partial charge in [-0.15, -0.1) is 0 Å². The maximum atomic E-state index is 13.1. The Morgan fingerprint density at radius 1 is 1.21 bits per heavy atom. The van der Waals surface area contributed by atoms with E-state index in [9.17, 15) is 14.3 Å². The number of halogens is 1. The van der Waals surface area contributed by atoms with E-state index in [1.165, 1.54) is 24.3 Å². The van der Waals surface area contributed by atoms with Gasteiger partial charge in [0.15, 0.2) is 0 Å². The molecule has 0 bridgehead atoms. The number of ether oxygens (including phenoxy) is 2. The van der Waals surface area contributed by atoms with Crippen LogP contribution in [0, 0.1) is 5.82 Å². The van der Waals surface area contributed by atoms with E-state index >= 15 is 0 Å². The molecule has 0 fully saturated rings. The monoisotopic (exact) mass is 399 g/mol. The Morgan fingerprint density at radius 3 is 2.61 bits per heavy atom. The zero-order valence-corrected chi connectivity index (χ0v) is 16.1. The van der Waals surface area contributed by atoms with Gasteiger partial charge in [0.2, 0.25) is 0 Å². The molecule has 0 radical (unpaired) electrons. The number of hydrogen-bond donors (Lipinski definition) is 1. The van der Waals surface area contributed by atoms with Gasteiger partial charge in [-0.1, -0.05) is 30.0 Å². The molecule has 1 aliphatic rings. The van der Waals surface area contributed by atoms with Crippen molar-refractivity contribution in [1.82, 2.24) is 0 Å². The fraction of sp³-hybridized carbons (Fsp3) is 0.143. The highest BCUT2D eigenvalue weighted by Crippen LogP contribution is 2.41. The molecule has 144 valence electrons. The number of aliphatic hydroxyl groups is 1. The maximum Gasteiger partial charge on any atom is 0.344 e. The van der Waals surface area contributed by atoms with Crippen molar-refractivity contribution in [3.05, 3.63) is 76.1 Å². The molecule has 0 saturated carbocycles. The molecule has 0 aliphatic carbocycles. The molecule has 1 aliphatic heterocycles. The quantitative estimate of drug-likeness (QED) is 0.715. The minimum atomic E-state index is -0.670. The van der Waals surface area contributed by atoms with E-state index in [4.69, 9.17) is 9.47 Å². The molecule has 1 N–H and O–H groups in total. The molecule has 0 aromatic heterocycles. The zero-order valence-electron chi connectivity index (χ0n) is 15.3. The van der Waals surface area contributed by atoms with Crippen LogP contribution >= 0.6 is 11.8 Å². The van der Waals surface area contributed by atoms with E-state index < -0.39 is 5.97 Å². The molecule has 0 unspecified atom stereocenters. The number of methoxy groups -OCH3 is 1. The van der Waals surface area contributed by atoms with Crippen molar-refractivity contribution < 1.29 is 23.8 Å². The summed E-state index contributed by atoms with van der Waals surface area (Å²) >= 11 is 1.13. The van der Waals surface area contributed by atoms with Crippen molar-refractivity contribution in [2.24, 2.45) is 4.99 Å². The summed E-state index contributed by atoms with van der Waals surface area (Å²) in [5.41, 5.74) is 1.18. The fourth-order valence-corrected chi connectivity index (χ4v) is 3.58. The standard InChI is InChI=1S/C21H18FNO4S/c1-3-27-21(25)18-19(24)17(12-13-6-4-5-7-16(13)26-2)28-20(18)23-15-10-8-14(22)9-11-15/h4-12,24H,3H2,1-2H3/b17-12-,23-20?. The highest BCUT2D eigenvalue weighted by molar-refractivity contribution is 8.18. The van der Waals surface area contributed by atoms with Gasteiger partial charge in [0.1, 0.15) is 27.9 Å². The zero-order chi connectivity index (χ0) is 20.1. The van der Waals surface area contributed by atoms with Crippen LogP contribution in [0.5, 0.6) is 5.75 Å². The lowest BCUT2D eigenvalue weighted by Gasteiger charge is -2.05. The van der Waals surface area contributed by atoms with Crippen LogP contribution in [0.2, 0.25) is 0 Å². The molecule has 0 spiro atoms. The highest BCUT2D eigenvalue weighted by Gasteiger charge is 2.33. The van der Waals surface area contributed by atoms with Crippen molar-refractivity contribution in [3.8, 4) is 5.75 Å². The van der Waals surface area contributed by atoms with Crippen LogP contribution in [0.1, 0.15) is 12.5 Å². The number of nitrogens with zero attached hydrogens (tertiary/aromatic N) is 1. The lowest BCUT2D eigenvalue weighted by Crippen LogP contribution is -2.12. The van der Waals surface area contributed by atoms with Gasteiger partial charge in [0, 0.05) is 5.56 Å². The summed E-state index contributed by atoms with van der Waals surface area (Å²) in [5.74, 6) is -0.638. The summed E-state index contributed by atoms with van der Waals surface area (Å²) in [6.07, 6.45) is 1.71. The van der Waals surface area contributed by atoms with Crippen LogP contribution in [-0.2, 0) is 9.53 Å². The minimum Gasteiger partial charge on any atom is -0.506 e. The fourth-order valence-electron chi connectivity index (χ4n) is 2.55. The van der Waals surface area contributed by atoms with Crippen LogP contribution in [0.3, 0.4) is 0 Å². The number of hydrogen-bond acceptors (Lipinski definition) is 6. The summed E-state index contributed by atoms with van der Waals surface area (Å²) in [4.78, 5) is 17.2. The van der Waals surface area contributed by atoms with Crippen molar-refractivity contribution >= 4 is 34.5 Å². The summed E-state index contributed by atoms with van der Waals surface area (Å²) in [5, 5.41) is 11.0. The van der Waals surface area contributed by atoms with Crippen LogP contribution < -0.4 is 4.74 Å². The van der Waals surface area contributed by atoms with Crippen LogP contribution in [0.15, 0.2) is 69.8 Å². The van der Waals surface area contributed by atoms with Gasteiger partial charge in [-0.2, -0.15) is 0 Å². The Morgan fingerprint density at radius 2 is 1.93 bits per heavy atom. The van der Waals surface area contributed by atoms with Crippen LogP contribution in [0.25, 0.3) is 6.08 Å². The lowest BCUT2D eigenvalue weighted by molar-refractivity contribution is -0.138. The first-order valence-corrected chi connectivity index (χ1v) is 9.33. The molecule has 2 aromatic carbocycles. The van der Waals surface area contributed by atoms with Gasteiger partial charge in [0.05, 0.1) is 24.3 Å². The predicted molar refractivity (Wildman–Crippen MR) is 108 cm³/mol. The third-order valence-electron chi connectivity index (χ3n) is 3.85. The molecule has 0 amide bonds. The second kappa shape index (κ2) is 8.75. The topological polar surface area (TPSA) is 68.1 Å². The molecule has 2 aromatic rings. The number of esters is 1. The van der Waals surface area contributed by atoms with Crippen molar-refractivity contribution in [2.75, 3.05) is 13.7 Å². The van der Waals surface area contributed by atoms with Crippen LogP contribution in [0.4, 0.5) is 10.1 Å². The molecule has 0 saturated heterocycles. The number of para-hydroxylation sites is 1. The normalized spacial score (nSPS) is 16.7. The van der Waals surface area contributed by atoms with Gasteiger partial charge in [-0.05, 0) is 43.3 Å². The summed E-state index contributed by atoms with van der Waals surface area (Å²) in [6.45, 7) is 1.84. The Hall–Kier alpha value is -3.06. The van der Waals surface area contributed by atoms with E-state index in [1.54, 1.807) is 26.2 Å². The van der Waals surface area contributed by atoms with Crippen LogP contribution in [-0.4, -0.2) is 29.8 Å². The van der Waals surface area contributed by atoms with Gasteiger partial charge < -0.3 is 14.6 Å². The summed E-state index contributed by atoms with van der Waals surface area (Å²) in [6, 6.07) is 12.8.